The first kappa shape index (κ1) is 8.34. The summed E-state index contributed by atoms with van der Waals surface area (Å²) in [6.45, 7) is 0. The quantitative estimate of drug-likeness (QED) is 0.435. The van der Waals surface area contributed by atoms with Gasteiger partial charge in [-0.15, -0.1) is 0 Å². The van der Waals surface area contributed by atoms with Crippen LogP contribution >= 0.6 is 0 Å². The van der Waals surface area contributed by atoms with Gasteiger partial charge < -0.3 is 0 Å². The smallest absolute Gasteiger partial charge is 0.0650 e. The molecule has 0 bridgehead atoms. The van der Waals surface area contributed by atoms with Crippen LogP contribution in [0, 0.1) is 0 Å². The molecule has 0 saturated carbocycles. The zero-order valence-corrected chi connectivity index (χ0v) is 7.25. The number of rotatable bonds is 2. The van der Waals surface area contributed by atoms with Crippen LogP contribution in [0.3, 0.4) is 0 Å². The van der Waals surface area contributed by atoms with E-state index in [0.29, 0.717) is 5.69 Å². The third-order valence-electron chi connectivity index (χ3n) is 1.84. The lowest BCUT2D eigenvalue weighted by atomic mass is 10.1. The van der Waals surface area contributed by atoms with Crippen molar-refractivity contribution in [3.8, 4) is 11.3 Å². The lowest BCUT2D eigenvalue weighted by Crippen LogP contribution is -1.76. The van der Waals surface area contributed by atoms with Crippen molar-refractivity contribution in [2.75, 3.05) is 0 Å². The second-order valence-corrected chi connectivity index (χ2v) is 2.71. The van der Waals surface area contributed by atoms with E-state index in [1.165, 1.54) is 0 Å². The van der Waals surface area contributed by atoms with Gasteiger partial charge in [-0.25, -0.2) is 0 Å². The van der Waals surface area contributed by atoms with Crippen LogP contribution < -0.4 is 0 Å². The molecule has 68 valence electrons. The molecule has 0 aliphatic rings. The van der Waals surface area contributed by atoms with E-state index in [4.69, 9.17) is 5.53 Å². The summed E-state index contributed by atoms with van der Waals surface area (Å²) >= 11 is 0. The SMILES string of the molecule is [N-]=[N+]=Nc1ccc(-c2ccn[nH]2)cc1. The van der Waals surface area contributed by atoms with Crippen LogP contribution in [-0.2, 0) is 0 Å². The zero-order valence-electron chi connectivity index (χ0n) is 7.25. The van der Waals surface area contributed by atoms with Gasteiger partial charge in [-0.3, -0.25) is 5.10 Å². The first-order valence-corrected chi connectivity index (χ1v) is 4.05. The molecule has 0 saturated heterocycles. The van der Waals surface area contributed by atoms with Crippen LogP contribution in [0.15, 0.2) is 41.6 Å². The van der Waals surface area contributed by atoms with E-state index in [1.807, 2.05) is 18.2 Å². The first-order chi connectivity index (χ1) is 6.90. The van der Waals surface area contributed by atoms with E-state index in [0.717, 1.165) is 11.3 Å². The van der Waals surface area contributed by atoms with Crippen molar-refractivity contribution >= 4 is 5.69 Å². The molecule has 14 heavy (non-hydrogen) atoms. The van der Waals surface area contributed by atoms with Gasteiger partial charge in [-0.05, 0) is 17.2 Å². The number of H-pyrrole nitrogens is 1. The number of hydrogen-bond acceptors (Lipinski definition) is 2. The number of nitrogens with zero attached hydrogens (tertiary/aromatic N) is 4. The Balaban J connectivity index is 2.35. The van der Waals surface area contributed by atoms with Crippen LogP contribution in [-0.4, -0.2) is 10.2 Å². The summed E-state index contributed by atoms with van der Waals surface area (Å²) in [5.74, 6) is 0. The number of hydrogen-bond donors (Lipinski definition) is 1. The highest BCUT2D eigenvalue weighted by Gasteiger charge is 1.97. The van der Waals surface area contributed by atoms with Gasteiger partial charge in [0.15, 0.2) is 0 Å². The number of aromatic nitrogens is 2. The van der Waals surface area contributed by atoms with E-state index < -0.39 is 0 Å². The topological polar surface area (TPSA) is 77.4 Å². The Bertz CT molecular complexity index is 450. The fourth-order valence-electron chi connectivity index (χ4n) is 1.18. The Morgan fingerprint density at radius 1 is 1.21 bits per heavy atom. The minimum atomic E-state index is 0.607. The first-order valence-electron chi connectivity index (χ1n) is 4.05. The highest BCUT2D eigenvalue weighted by atomic mass is 15.1. The van der Waals surface area contributed by atoms with Gasteiger partial charge in [0.05, 0.1) is 5.69 Å². The molecule has 0 spiro atoms. The third-order valence-corrected chi connectivity index (χ3v) is 1.84. The highest BCUT2D eigenvalue weighted by molar-refractivity contribution is 5.61. The Hall–Kier alpha value is -2.26. The van der Waals surface area contributed by atoms with Crippen LogP contribution in [0.5, 0.6) is 0 Å². The molecular weight excluding hydrogens is 178 g/mol. The molecule has 1 aromatic heterocycles. The van der Waals surface area contributed by atoms with Crippen LogP contribution in [0.25, 0.3) is 21.7 Å². The van der Waals surface area contributed by atoms with Crippen LogP contribution in [0.4, 0.5) is 5.69 Å². The lowest BCUT2D eigenvalue weighted by Gasteiger charge is -1.96. The molecule has 1 heterocycles. The van der Waals surface area contributed by atoms with Gasteiger partial charge in [0.25, 0.3) is 0 Å². The van der Waals surface area contributed by atoms with Crippen molar-refractivity contribution in [3.63, 3.8) is 0 Å². The van der Waals surface area contributed by atoms with Gasteiger partial charge in [-0.2, -0.15) is 5.10 Å². The van der Waals surface area contributed by atoms with Gasteiger partial charge in [-0.1, -0.05) is 29.4 Å². The molecule has 5 heteroatoms. The molecule has 1 N–H and O–H groups in total. The molecule has 2 rings (SSSR count). The van der Waals surface area contributed by atoms with E-state index in [2.05, 4.69) is 20.2 Å². The second-order valence-electron chi connectivity index (χ2n) is 2.71. The normalized spacial score (nSPS) is 9.43. The molecule has 0 aliphatic heterocycles. The fraction of sp³-hybridized carbons (Fsp3) is 0. The summed E-state index contributed by atoms with van der Waals surface area (Å²) in [4.78, 5) is 2.70. The molecular formula is C9H7N5. The van der Waals surface area contributed by atoms with Crippen molar-refractivity contribution in [2.24, 2.45) is 5.11 Å². The number of nitrogens with one attached hydrogen (secondary N) is 1. The minimum absolute atomic E-state index is 0.607. The predicted molar refractivity (Wildman–Crippen MR) is 52.8 cm³/mol. The fourth-order valence-corrected chi connectivity index (χ4v) is 1.18. The summed E-state index contributed by atoms with van der Waals surface area (Å²) in [6, 6.07) is 9.14. The van der Waals surface area contributed by atoms with Crippen molar-refractivity contribution in [1.29, 1.82) is 0 Å². The van der Waals surface area contributed by atoms with Crippen LogP contribution in [0.1, 0.15) is 0 Å². The summed E-state index contributed by atoms with van der Waals surface area (Å²) in [5.41, 5.74) is 10.8. The molecule has 5 nitrogen and oxygen atoms in total. The average Bonchev–Trinajstić information content (AvgIpc) is 2.72. The Labute approximate surface area is 80.0 Å². The van der Waals surface area contributed by atoms with E-state index >= 15 is 0 Å². The summed E-state index contributed by atoms with van der Waals surface area (Å²) in [7, 11) is 0. The molecule has 0 fully saturated rings. The predicted octanol–water partition coefficient (Wildman–Crippen LogP) is 3.02. The monoisotopic (exact) mass is 185 g/mol. The summed E-state index contributed by atoms with van der Waals surface area (Å²) < 4.78 is 0. The maximum atomic E-state index is 8.22. The number of azide groups is 1. The largest absolute Gasteiger partial charge is 0.278 e. The zero-order chi connectivity index (χ0) is 9.80. The number of benzene rings is 1. The standard InChI is InChI=1S/C9H7N5/c10-14-12-8-3-1-7(2-4-8)9-5-6-11-13-9/h1-6H,(H,11,13). The van der Waals surface area contributed by atoms with Crippen molar-refractivity contribution in [3.05, 3.63) is 47.0 Å². The second kappa shape index (κ2) is 3.64. The maximum Gasteiger partial charge on any atom is 0.0650 e. The van der Waals surface area contributed by atoms with Crippen molar-refractivity contribution in [2.45, 2.75) is 0 Å². The molecule has 2 aromatic rings. The van der Waals surface area contributed by atoms with Crippen molar-refractivity contribution < 1.29 is 0 Å². The van der Waals surface area contributed by atoms with Crippen molar-refractivity contribution in [1.82, 2.24) is 10.2 Å². The Morgan fingerprint density at radius 2 is 2.00 bits per heavy atom. The van der Waals surface area contributed by atoms with Gasteiger partial charge in [0, 0.05) is 16.8 Å². The van der Waals surface area contributed by atoms with Gasteiger partial charge in [0.2, 0.25) is 0 Å². The Morgan fingerprint density at radius 3 is 2.57 bits per heavy atom. The maximum absolute atomic E-state index is 8.22. The molecule has 0 aliphatic carbocycles. The summed E-state index contributed by atoms with van der Waals surface area (Å²) in [6.07, 6.45) is 1.69. The van der Waals surface area contributed by atoms with Crippen LogP contribution in [0.2, 0.25) is 0 Å². The minimum Gasteiger partial charge on any atom is -0.278 e. The van der Waals surface area contributed by atoms with E-state index in [9.17, 15) is 0 Å². The number of aromatic amines is 1. The third kappa shape index (κ3) is 1.57. The molecule has 1 aromatic carbocycles. The molecule has 0 atom stereocenters. The molecule has 0 amide bonds. The Kier molecular flexibility index (Phi) is 2.17. The van der Waals surface area contributed by atoms with E-state index in [-0.39, 0.29) is 0 Å². The average molecular weight is 185 g/mol. The van der Waals surface area contributed by atoms with Gasteiger partial charge >= 0.3 is 0 Å². The molecule has 0 radical (unpaired) electrons. The van der Waals surface area contributed by atoms with E-state index in [1.54, 1.807) is 18.3 Å². The van der Waals surface area contributed by atoms with Gasteiger partial charge in [0.1, 0.15) is 0 Å². The summed E-state index contributed by atoms with van der Waals surface area (Å²) in [5, 5.41) is 10.2. The highest BCUT2D eigenvalue weighted by Crippen LogP contribution is 2.20. The molecule has 0 unspecified atom stereocenters. The lowest BCUT2D eigenvalue weighted by molar-refractivity contribution is 1.10.